The van der Waals surface area contributed by atoms with E-state index in [2.05, 4.69) is 0 Å². The van der Waals surface area contributed by atoms with Crippen molar-refractivity contribution in [2.24, 2.45) is 0 Å². The average molecular weight is 266 g/mol. The van der Waals surface area contributed by atoms with Crippen LogP contribution in [0.1, 0.15) is 32.8 Å². The normalized spacial score (nSPS) is 11.1. The highest BCUT2D eigenvalue weighted by molar-refractivity contribution is 5.70. The SMILES string of the molecule is CC(C)(C)OC(=O)CCc1cc([N+](=O)[O-])ccc1N. The predicted molar refractivity (Wildman–Crippen MR) is 71.7 cm³/mol. The number of hydrogen-bond acceptors (Lipinski definition) is 5. The molecule has 6 heteroatoms. The molecule has 0 aliphatic carbocycles. The predicted octanol–water partition coefficient (Wildman–Crippen LogP) is 2.45. The third-order valence-corrected chi connectivity index (χ3v) is 2.36. The van der Waals surface area contributed by atoms with Gasteiger partial charge in [-0.15, -0.1) is 0 Å². The van der Waals surface area contributed by atoms with Crippen molar-refractivity contribution >= 4 is 17.3 Å². The second-order valence-corrected chi connectivity index (χ2v) is 5.23. The fourth-order valence-electron chi connectivity index (χ4n) is 1.55. The molecule has 0 bridgehead atoms. The minimum atomic E-state index is -0.536. The number of non-ortho nitro benzene ring substituents is 1. The summed E-state index contributed by atoms with van der Waals surface area (Å²) in [5.41, 5.74) is 6.18. The molecule has 0 fully saturated rings. The lowest BCUT2D eigenvalue weighted by molar-refractivity contribution is -0.384. The summed E-state index contributed by atoms with van der Waals surface area (Å²) in [6.45, 7) is 5.35. The Hall–Kier alpha value is -2.11. The summed E-state index contributed by atoms with van der Waals surface area (Å²) in [5, 5.41) is 10.7. The summed E-state index contributed by atoms with van der Waals surface area (Å²) in [6, 6.07) is 4.20. The molecule has 0 aromatic heterocycles. The topological polar surface area (TPSA) is 95.5 Å². The molecule has 0 spiro atoms. The number of nitro groups is 1. The van der Waals surface area contributed by atoms with Crippen LogP contribution in [0.4, 0.5) is 11.4 Å². The molecule has 0 atom stereocenters. The molecule has 0 saturated heterocycles. The number of carbonyl (C=O) groups is 1. The van der Waals surface area contributed by atoms with E-state index in [1.54, 1.807) is 20.8 Å². The van der Waals surface area contributed by atoms with Crippen molar-refractivity contribution in [2.75, 3.05) is 5.73 Å². The lowest BCUT2D eigenvalue weighted by atomic mass is 10.1. The standard InChI is InChI=1S/C13H18N2O4/c1-13(2,3)19-12(16)7-4-9-8-10(15(17)18)5-6-11(9)14/h5-6,8H,4,7,14H2,1-3H3. The van der Waals surface area contributed by atoms with Gasteiger partial charge >= 0.3 is 5.97 Å². The van der Waals surface area contributed by atoms with E-state index in [0.717, 1.165) is 0 Å². The van der Waals surface area contributed by atoms with Gasteiger partial charge < -0.3 is 10.5 Å². The maximum absolute atomic E-state index is 11.6. The van der Waals surface area contributed by atoms with Crippen molar-refractivity contribution in [2.45, 2.75) is 39.2 Å². The van der Waals surface area contributed by atoms with Crippen molar-refractivity contribution < 1.29 is 14.5 Å². The molecule has 0 aliphatic rings. The van der Waals surface area contributed by atoms with E-state index in [-0.39, 0.29) is 18.1 Å². The average Bonchev–Trinajstić information content (AvgIpc) is 2.25. The first-order valence-electron chi connectivity index (χ1n) is 5.93. The number of nitrogen functional groups attached to an aromatic ring is 1. The van der Waals surface area contributed by atoms with Crippen LogP contribution < -0.4 is 5.73 Å². The van der Waals surface area contributed by atoms with E-state index < -0.39 is 10.5 Å². The number of nitrogens with two attached hydrogens (primary N) is 1. The largest absolute Gasteiger partial charge is 0.460 e. The molecule has 0 aliphatic heterocycles. The van der Waals surface area contributed by atoms with Crippen LogP contribution in [0.15, 0.2) is 18.2 Å². The number of anilines is 1. The lowest BCUT2D eigenvalue weighted by Crippen LogP contribution is -2.24. The maximum Gasteiger partial charge on any atom is 0.306 e. The number of carbonyl (C=O) groups excluding carboxylic acids is 1. The van der Waals surface area contributed by atoms with Crippen LogP contribution in [0.2, 0.25) is 0 Å². The minimum absolute atomic E-state index is 0.0339. The molecule has 1 aromatic carbocycles. The second-order valence-electron chi connectivity index (χ2n) is 5.23. The van der Waals surface area contributed by atoms with Crippen LogP contribution in [0.3, 0.4) is 0 Å². The van der Waals surface area contributed by atoms with Gasteiger partial charge in [0.05, 0.1) is 4.92 Å². The number of nitrogens with zero attached hydrogens (tertiary/aromatic N) is 1. The molecule has 0 unspecified atom stereocenters. The molecule has 0 amide bonds. The van der Waals surface area contributed by atoms with Crippen molar-refractivity contribution in [1.29, 1.82) is 0 Å². The van der Waals surface area contributed by atoms with Crippen LogP contribution in [0, 0.1) is 10.1 Å². The lowest BCUT2D eigenvalue weighted by Gasteiger charge is -2.19. The van der Waals surface area contributed by atoms with Gasteiger partial charge in [0.25, 0.3) is 5.69 Å². The maximum atomic E-state index is 11.6. The van der Waals surface area contributed by atoms with E-state index in [0.29, 0.717) is 17.7 Å². The van der Waals surface area contributed by atoms with Crippen molar-refractivity contribution in [3.63, 3.8) is 0 Å². The number of rotatable bonds is 4. The van der Waals surface area contributed by atoms with Gasteiger partial charge in [-0.3, -0.25) is 14.9 Å². The molecule has 1 rings (SSSR count). The Balaban J connectivity index is 2.70. The Morgan fingerprint density at radius 2 is 2.05 bits per heavy atom. The smallest absolute Gasteiger partial charge is 0.306 e. The zero-order chi connectivity index (χ0) is 14.6. The summed E-state index contributed by atoms with van der Waals surface area (Å²) in [7, 11) is 0. The number of esters is 1. The Labute approximate surface area is 111 Å². The molecule has 19 heavy (non-hydrogen) atoms. The fraction of sp³-hybridized carbons (Fsp3) is 0.462. The summed E-state index contributed by atoms with van der Waals surface area (Å²) >= 11 is 0. The van der Waals surface area contributed by atoms with E-state index in [9.17, 15) is 14.9 Å². The fourth-order valence-corrected chi connectivity index (χ4v) is 1.55. The summed E-state index contributed by atoms with van der Waals surface area (Å²) in [6.07, 6.45) is 0.463. The van der Waals surface area contributed by atoms with Gasteiger partial charge in [0.15, 0.2) is 0 Å². The van der Waals surface area contributed by atoms with Gasteiger partial charge in [0.2, 0.25) is 0 Å². The zero-order valence-corrected chi connectivity index (χ0v) is 11.3. The molecule has 0 saturated carbocycles. The van der Waals surface area contributed by atoms with E-state index >= 15 is 0 Å². The highest BCUT2D eigenvalue weighted by atomic mass is 16.6. The number of nitro benzene ring substituents is 1. The number of hydrogen-bond donors (Lipinski definition) is 1. The van der Waals surface area contributed by atoms with Crippen LogP contribution in [-0.4, -0.2) is 16.5 Å². The molecule has 2 N–H and O–H groups in total. The van der Waals surface area contributed by atoms with Crippen LogP contribution in [-0.2, 0) is 16.0 Å². The molecular formula is C13H18N2O4. The highest BCUT2D eigenvalue weighted by Gasteiger charge is 2.17. The molecule has 0 radical (unpaired) electrons. The summed E-state index contributed by atoms with van der Waals surface area (Å²) < 4.78 is 5.16. The quantitative estimate of drug-likeness (QED) is 0.391. The number of benzene rings is 1. The summed E-state index contributed by atoms with van der Waals surface area (Å²) in [4.78, 5) is 21.7. The Morgan fingerprint density at radius 3 is 2.58 bits per heavy atom. The molecular weight excluding hydrogens is 248 g/mol. The first kappa shape index (κ1) is 14.9. The van der Waals surface area contributed by atoms with Crippen LogP contribution in [0.5, 0.6) is 0 Å². The van der Waals surface area contributed by atoms with E-state index in [1.165, 1.54) is 18.2 Å². The molecule has 104 valence electrons. The van der Waals surface area contributed by atoms with Gasteiger partial charge in [0, 0.05) is 24.2 Å². The van der Waals surface area contributed by atoms with E-state index in [4.69, 9.17) is 10.5 Å². The Kier molecular flexibility index (Phi) is 4.47. The van der Waals surface area contributed by atoms with Gasteiger partial charge in [-0.1, -0.05) is 0 Å². The Bertz CT molecular complexity index is 492. The third kappa shape index (κ3) is 4.95. The monoisotopic (exact) mass is 266 g/mol. The molecule has 1 aromatic rings. The first-order valence-corrected chi connectivity index (χ1v) is 5.93. The van der Waals surface area contributed by atoms with Crippen molar-refractivity contribution in [3.8, 4) is 0 Å². The third-order valence-electron chi connectivity index (χ3n) is 2.36. The van der Waals surface area contributed by atoms with E-state index in [1.807, 2.05) is 0 Å². The van der Waals surface area contributed by atoms with Gasteiger partial charge in [-0.05, 0) is 38.8 Å². The second kappa shape index (κ2) is 5.69. The molecule has 0 heterocycles. The Morgan fingerprint density at radius 1 is 1.42 bits per heavy atom. The minimum Gasteiger partial charge on any atom is -0.460 e. The van der Waals surface area contributed by atoms with Gasteiger partial charge in [-0.25, -0.2) is 0 Å². The first-order chi connectivity index (χ1) is 8.69. The summed E-state index contributed by atoms with van der Waals surface area (Å²) in [5.74, 6) is -0.349. The number of ether oxygens (including phenoxy) is 1. The van der Waals surface area contributed by atoms with Crippen molar-refractivity contribution in [3.05, 3.63) is 33.9 Å². The van der Waals surface area contributed by atoms with Gasteiger partial charge in [0.1, 0.15) is 5.60 Å². The van der Waals surface area contributed by atoms with Crippen LogP contribution >= 0.6 is 0 Å². The van der Waals surface area contributed by atoms with Crippen molar-refractivity contribution in [1.82, 2.24) is 0 Å². The number of aryl methyl sites for hydroxylation is 1. The highest BCUT2D eigenvalue weighted by Crippen LogP contribution is 2.21. The zero-order valence-electron chi connectivity index (χ0n) is 11.3. The van der Waals surface area contributed by atoms with Crippen LogP contribution in [0.25, 0.3) is 0 Å². The van der Waals surface area contributed by atoms with Gasteiger partial charge in [-0.2, -0.15) is 0 Å². The molecule has 6 nitrogen and oxygen atoms in total.